The van der Waals surface area contributed by atoms with Gasteiger partial charge in [0.15, 0.2) is 0 Å². The molecule has 0 aromatic carbocycles. The van der Waals surface area contributed by atoms with Crippen LogP contribution in [0.25, 0.3) is 0 Å². The highest BCUT2D eigenvalue weighted by Gasteiger charge is 2.30. The van der Waals surface area contributed by atoms with Gasteiger partial charge < -0.3 is 19.4 Å². The summed E-state index contributed by atoms with van der Waals surface area (Å²) in [6.07, 6.45) is 83.4. The molecule has 0 saturated carbocycles. The lowest BCUT2D eigenvalue weighted by atomic mass is 10.0. The number of nitrogens with one attached hydrogen (secondary N) is 1. The molecule has 0 rings (SSSR count). The molecule has 0 aliphatic heterocycles. The Kier molecular flexibility index (Phi) is 56.9. The van der Waals surface area contributed by atoms with Gasteiger partial charge in [0, 0.05) is 12.8 Å². The highest BCUT2D eigenvalue weighted by molar-refractivity contribution is 7.47. The van der Waals surface area contributed by atoms with Crippen LogP contribution in [0.2, 0.25) is 0 Å². The van der Waals surface area contributed by atoms with Crippen molar-refractivity contribution in [3.8, 4) is 0 Å². The van der Waals surface area contributed by atoms with Crippen molar-refractivity contribution in [2.75, 3.05) is 40.9 Å². The summed E-state index contributed by atoms with van der Waals surface area (Å²) in [5.74, 6) is -0.533. The topological polar surface area (TPSA) is 111 Å². The van der Waals surface area contributed by atoms with Crippen LogP contribution in [-0.2, 0) is 27.9 Å². The Balaban J connectivity index is 5.17. The molecule has 0 radical (unpaired) electrons. The van der Waals surface area contributed by atoms with E-state index in [0.717, 1.165) is 128 Å². The third-order valence-electron chi connectivity index (χ3n) is 14.0. The second-order valence-electron chi connectivity index (χ2n) is 22.9. The van der Waals surface area contributed by atoms with Crippen LogP contribution in [0.15, 0.2) is 122 Å². The van der Waals surface area contributed by atoms with Crippen LogP contribution in [0.4, 0.5) is 0 Å². The molecular weight excluding hydrogens is 1020 g/mol. The maximum absolute atomic E-state index is 13.6. The van der Waals surface area contributed by atoms with Gasteiger partial charge in [-0.15, -0.1) is 0 Å². The van der Waals surface area contributed by atoms with Gasteiger partial charge in [0.2, 0.25) is 5.91 Å². The average Bonchev–Trinajstić information content (AvgIpc) is 3.44. The first-order valence-corrected chi connectivity index (χ1v) is 34.4. The van der Waals surface area contributed by atoms with Crippen molar-refractivity contribution < 1.29 is 37.3 Å². The Labute approximate surface area is 499 Å². The number of phosphoric acid groups is 1. The fourth-order valence-corrected chi connectivity index (χ4v) is 9.68. The van der Waals surface area contributed by atoms with Crippen LogP contribution >= 0.6 is 7.82 Å². The summed E-state index contributed by atoms with van der Waals surface area (Å²) in [4.78, 5) is 37.8. The predicted octanol–water partition coefficient (Wildman–Crippen LogP) is 20.7. The molecule has 0 aromatic heterocycles. The van der Waals surface area contributed by atoms with E-state index in [-0.39, 0.29) is 31.5 Å². The molecule has 0 aromatic rings. The summed E-state index contributed by atoms with van der Waals surface area (Å²) in [5, 5.41) is 3.05. The zero-order valence-electron chi connectivity index (χ0n) is 53.0. The molecular formula is C71H124N2O7P+. The van der Waals surface area contributed by atoms with Gasteiger partial charge in [-0.1, -0.05) is 271 Å². The van der Waals surface area contributed by atoms with Gasteiger partial charge in [-0.05, 0) is 102 Å². The van der Waals surface area contributed by atoms with Crippen LogP contribution in [0.1, 0.15) is 265 Å². The fraction of sp³-hybridized carbons (Fsp3) is 0.690. The van der Waals surface area contributed by atoms with Crippen molar-refractivity contribution in [2.45, 2.75) is 277 Å². The number of allylic oxidation sites excluding steroid dienone is 19. The van der Waals surface area contributed by atoms with Gasteiger partial charge in [-0.25, -0.2) is 4.57 Å². The molecule has 3 unspecified atom stereocenters. The zero-order valence-corrected chi connectivity index (χ0v) is 53.9. The lowest BCUT2D eigenvalue weighted by molar-refractivity contribution is -0.870. The number of unbranched alkanes of at least 4 members (excludes halogenated alkanes) is 26. The third kappa shape index (κ3) is 60.8. The summed E-state index contributed by atoms with van der Waals surface area (Å²) in [6.45, 7) is 6.75. The average molecular weight is 1150 g/mol. The molecule has 0 spiro atoms. The molecule has 0 bridgehead atoms. The monoisotopic (exact) mass is 1150 g/mol. The van der Waals surface area contributed by atoms with E-state index in [1.54, 1.807) is 0 Å². The number of likely N-dealkylation sites (N-methyl/N-ethyl adjacent to an activating group) is 1. The lowest BCUT2D eigenvalue weighted by Crippen LogP contribution is -2.47. The molecule has 464 valence electrons. The van der Waals surface area contributed by atoms with E-state index in [4.69, 9.17) is 13.8 Å². The van der Waals surface area contributed by atoms with Gasteiger partial charge in [-0.3, -0.25) is 18.6 Å². The van der Waals surface area contributed by atoms with Crippen molar-refractivity contribution in [1.82, 2.24) is 5.32 Å². The molecule has 2 N–H and O–H groups in total. The van der Waals surface area contributed by atoms with Crippen LogP contribution < -0.4 is 5.32 Å². The molecule has 0 fully saturated rings. The largest absolute Gasteiger partial charge is 0.472 e. The smallest absolute Gasteiger partial charge is 0.456 e. The van der Waals surface area contributed by atoms with Gasteiger partial charge in [0.1, 0.15) is 19.3 Å². The van der Waals surface area contributed by atoms with Crippen molar-refractivity contribution in [2.24, 2.45) is 0 Å². The minimum Gasteiger partial charge on any atom is -0.456 e. The molecule has 10 heteroatoms. The normalized spacial score (nSPS) is 14.4. The van der Waals surface area contributed by atoms with E-state index in [1.165, 1.54) is 103 Å². The number of ether oxygens (including phenoxy) is 1. The first-order valence-electron chi connectivity index (χ1n) is 32.9. The van der Waals surface area contributed by atoms with E-state index >= 15 is 0 Å². The number of hydrogen-bond donors (Lipinski definition) is 2. The van der Waals surface area contributed by atoms with E-state index in [9.17, 15) is 19.0 Å². The number of nitrogens with zero attached hydrogens (tertiary/aromatic N) is 1. The van der Waals surface area contributed by atoms with Gasteiger partial charge in [0.05, 0.1) is 33.8 Å². The summed E-state index contributed by atoms with van der Waals surface area (Å²) in [6, 6.07) is -0.866. The Morgan fingerprint density at radius 2 is 0.852 bits per heavy atom. The number of quaternary nitrogens is 1. The number of phosphoric ester groups is 1. The number of carbonyl (C=O) groups is 2. The molecule has 9 nitrogen and oxygen atoms in total. The van der Waals surface area contributed by atoms with Crippen LogP contribution in [-0.4, -0.2) is 74.3 Å². The quantitative estimate of drug-likeness (QED) is 0.0156. The first kappa shape index (κ1) is 77.4. The van der Waals surface area contributed by atoms with E-state index < -0.39 is 20.0 Å². The van der Waals surface area contributed by atoms with E-state index in [1.807, 2.05) is 33.3 Å². The molecule has 0 aliphatic carbocycles. The number of hydrogen-bond acceptors (Lipinski definition) is 6. The summed E-state index contributed by atoms with van der Waals surface area (Å²) in [7, 11) is 1.47. The number of esters is 1. The predicted molar refractivity (Wildman–Crippen MR) is 350 cm³/mol. The highest BCUT2D eigenvalue weighted by atomic mass is 31.2. The molecule has 0 heterocycles. The fourth-order valence-electron chi connectivity index (χ4n) is 8.94. The minimum absolute atomic E-state index is 0.0303. The van der Waals surface area contributed by atoms with Gasteiger partial charge in [0.25, 0.3) is 0 Å². The number of carbonyl (C=O) groups excluding carboxylic acids is 2. The van der Waals surface area contributed by atoms with Crippen LogP contribution in [0.5, 0.6) is 0 Å². The Morgan fingerprint density at radius 3 is 1.32 bits per heavy atom. The Hall–Kier alpha value is -3.59. The highest BCUT2D eigenvalue weighted by Crippen LogP contribution is 2.43. The minimum atomic E-state index is -4.46. The van der Waals surface area contributed by atoms with Gasteiger partial charge >= 0.3 is 13.8 Å². The third-order valence-corrected chi connectivity index (χ3v) is 14.9. The van der Waals surface area contributed by atoms with E-state index in [2.05, 4.69) is 135 Å². The van der Waals surface area contributed by atoms with Crippen LogP contribution in [0, 0.1) is 0 Å². The molecule has 81 heavy (non-hydrogen) atoms. The maximum Gasteiger partial charge on any atom is 0.472 e. The van der Waals surface area contributed by atoms with Crippen molar-refractivity contribution in [1.29, 1.82) is 0 Å². The Bertz CT molecular complexity index is 1800. The maximum atomic E-state index is 13.6. The molecule has 0 aliphatic rings. The van der Waals surface area contributed by atoms with Crippen molar-refractivity contribution in [3.05, 3.63) is 122 Å². The summed E-state index contributed by atoms with van der Waals surface area (Å²) in [5.41, 5.74) is 0. The van der Waals surface area contributed by atoms with E-state index in [0.29, 0.717) is 17.4 Å². The van der Waals surface area contributed by atoms with Crippen molar-refractivity contribution in [3.63, 3.8) is 0 Å². The second kappa shape index (κ2) is 59.6. The molecule has 1 amide bonds. The second-order valence-corrected chi connectivity index (χ2v) is 24.4. The SMILES string of the molecule is CC/C=C\C/C=C\C/C=C\C/C=C\C/C=C\C/C=C\CCCCCCCCCCC(=O)OC(/C=C\CCCCCCCCCCCCC)C(COP(=O)(O)OCC[N+](C)(C)C)NC(=O)CCCCCCCCC/C=C/C=C/C=C/CC. The zero-order chi connectivity index (χ0) is 59.3. The summed E-state index contributed by atoms with van der Waals surface area (Å²) >= 11 is 0. The van der Waals surface area contributed by atoms with Crippen molar-refractivity contribution >= 4 is 19.7 Å². The Morgan fingerprint density at radius 1 is 0.457 bits per heavy atom. The van der Waals surface area contributed by atoms with Gasteiger partial charge in [-0.2, -0.15) is 0 Å². The molecule has 3 atom stereocenters. The number of amides is 1. The standard InChI is InChI=1S/C71H123N2O7P/c1-7-10-13-16-19-22-25-28-30-31-32-33-34-35-36-37-38-39-40-41-43-46-49-52-55-58-61-64-71(75)80-69(62-59-56-53-50-47-44-27-24-21-18-15-12-9-3)68(67-79-81(76,77)78-66-65-73(4,5)6)72-70(74)63-60-57-54-51-48-45-42-29-26-23-20-17-14-11-8-2/h10-11,13-14,17,19-20,22-23,26,28,30,32-33,35-36,38-39,59,62,68-69H,7-9,12,15-16,18,21,24-25,27,29,31,34,37,40-58,60-61,63-67H2,1-6H3,(H-,72,74,76,77)/p+1/b13-10-,14-11+,20-17+,22-19-,26-23+,30-28-,33-32-,36-35-,39-38-,62-59-. The number of rotatable bonds is 58. The molecule has 0 saturated heterocycles. The van der Waals surface area contributed by atoms with Crippen LogP contribution in [0.3, 0.4) is 0 Å². The summed E-state index contributed by atoms with van der Waals surface area (Å²) < 4.78 is 30.7. The first-order chi connectivity index (χ1) is 39.4. The lowest BCUT2D eigenvalue weighted by Gasteiger charge is -2.27.